The third-order valence-corrected chi connectivity index (χ3v) is 4.18. The minimum atomic E-state index is -0.336. The standard InChI is InChI=1S/C21H21NO2/c1-3-22(4-2)18-14-12-17(13-15-18)21(23)24-20-11-7-9-16-8-5-6-10-19(16)20/h5-15H,3-4H2,1-2H3. The first-order valence-electron chi connectivity index (χ1n) is 8.28. The van der Waals surface area contributed by atoms with Crippen LogP contribution in [0.1, 0.15) is 24.2 Å². The van der Waals surface area contributed by atoms with Gasteiger partial charge in [-0.3, -0.25) is 0 Å². The molecule has 24 heavy (non-hydrogen) atoms. The Kier molecular flexibility index (Phi) is 4.80. The molecule has 3 aromatic rings. The van der Waals surface area contributed by atoms with Crippen molar-refractivity contribution in [3.63, 3.8) is 0 Å². The number of hydrogen-bond donors (Lipinski definition) is 0. The normalized spacial score (nSPS) is 10.6. The highest BCUT2D eigenvalue weighted by molar-refractivity contribution is 5.95. The fourth-order valence-electron chi connectivity index (χ4n) is 2.84. The second-order valence-electron chi connectivity index (χ2n) is 5.59. The van der Waals surface area contributed by atoms with Gasteiger partial charge in [-0.25, -0.2) is 4.79 Å². The molecule has 0 heterocycles. The Labute approximate surface area is 142 Å². The summed E-state index contributed by atoms with van der Waals surface area (Å²) >= 11 is 0. The summed E-state index contributed by atoms with van der Waals surface area (Å²) in [5, 5.41) is 1.99. The lowest BCUT2D eigenvalue weighted by molar-refractivity contribution is 0.0737. The Hall–Kier alpha value is -2.81. The van der Waals surface area contributed by atoms with Crippen molar-refractivity contribution in [1.82, 2.24) is 0 Å². The first kappa shape index (κ1) is 16.1. The molecule has 3 heteroatoms. The van der Waals surface area contributed by atoms with E-state index in [1.807, 2.05) is 66.7 Å². The van der Waals surface area contributed by atoms with Crippen LogP contribution < -0.4 is 9.64 Å². The van der Waals surface area contributed by atoms with Crippen molar-refractivity contribution in [2.24, 2.45) is 0 Å². The molecule has 122 valence electrons. The first-order valence-corrected chi connectivity index (χ1v) is 8.28. The van der Waals surface area contributed by atoms with Gasteiger partial charge in [0, 0.05) is 24.2 Å². The Morgan fingerprint density at radius 3 is 2.25 bits per heavy atom. The highest BCUT2D eigenvalue weighted by atomic mass is 16.5. The van der Waals surface area contributed by atoms with Crippen LogP contribution >= 0.6 is 0 Å². The topological polar surface area (TPSA) is 29.5 Å². The van der Waals surface area contributed by atoms with E-state index in [9.17, 15) is 4.79 Å². The molecule has 0 radical (unpaired) electrons. The number of hydrogen-bond acceptors (Lipinski definition) is 3. The average Bonchev–Trinajstić information content (AvgIpc) is 2.63. The van der Waals surface area contributed by atoms with Crippen LogP contribution in [0.2, 0.25) is 0 Å². The maximum Gasteiger partial charge on any atom is 0.343 e. The molecule has 0 aliphatic carbocycles. The Balaban J connectivity index is 1.82. The van der Waals surface area contributed by atoms with E-state index in [4.69, 9.17) is 4.74 Å². The Bertz CT molecular complexity index is 831. The van der Waals surface area contributed by atoms with Gasteiger partial charge in [-0.05, 0) is 49.6 Å². The molecule has 0 bridgehead atoms. The molecule has 0 amide bonds. The van der Waals surface area contributed by atoms with Crippen LogP contribution in [0.15, 0.2) is 66.7 Å². The van der Waals surface area contributed by atoms with Crippen LogP contribution in [0.5, 0.6) is 5.75 Å². The molecule has 3 nitrogen and oxygen atoms in total. The van der Waals surface area contributed by atoms with Gasteiger partial charge in [0.25, 0.3) is 0 Å². The van der Waals surface area contributed by atoms with Crippen molar-refractivity contribution in [2.75, 3.05) is 18.0 Å². The molecule has 0 aliphatic heterocycles. The van der Waals surface area contributed by atoms with Crippen molar-refractivity contribution in [2.45, 2.75) is 13.8 Å². The maximum absolute atomic E-state index is 12.4. The fraction of sp³-hybridized carbons (Fsp3) is 0.190. The first-order chi connectivity index (χ1) is 11.7. The predicted molar refractivity (Wildman–Crippen MR) is 98.9 cm³/mol. The third kappa shape index (κ3) is 3.25. The predicted octanol–water partition coefficient (Wildman–Crippen LogP) is 4.91. The van der Waals surface area contributed by atoms with E-state index in [0.29, 0.717) is 11.3 Å². The van der Waals surface area contributed by atoms with Gasteiger partial charge < -0.3 is 9.64 Å². The molecule has 3 aromatic carbocycles. The zero-order valence-electron chi connectivity index (χ0n) is 14.0. The second-order valence-corrected chi connectivity index (χ2v) is 5.59. The molecule has 0 spiro atoms. The van der Waals surface area contributed by atoms with Gasteiger partial charge in [-0.1, -0.05) is 36.4 Å². The number of fused-ring (bicyclic) bond motifs is 1. The minimum absolute atomic E-state index is 0.336. The van der Waals surface area contributed by atoms with Crippen LogP contribution in [0.3, 0.4) is 0 Å². The number of benzene rings is 3. The number of anilines is 1. The highest BCUT2D eigenvalue weighted by Crippen LogP contribution is 2.26. The summed E-state index contributed by atoms with van der Waals surface area (Å²) < 4.78 is 5.61. The summed E-state index contributed by atoms with van der Waals surface area (Å²) in [7, 11) is 0. The maximum atomic E-state index is 12.4. The van der Waals surface area contributed by atoms with Gasteiger partial charge in [-0.2, -0.15) is 0 Å². The molecule has 0 aromatic heterocycles. The molecule has 0 fully saturated rings. The monoisotopic (exact) mass is 319 g/mol. The van der Waals surface area contributed by atoms with Crippen molar-refractivity contribution < 1.29 is 9.53 Å². The minimum Gasteiger partial charge on any atom is -0.422 e. The van der Waals surface area contributed by atoms with Gasteiger partial charge in [-0.15, -0.1) is 0 Å². The largest absolute Gasteiger partial charge is 0.422 e. The summed E-state index contributed by atoms with van der Waals surface area (Å²) in [6.45, 7) is 6.12. The molecule has 0 unspecified atom stereocenters. The third-order valence-electron chi connectivity index (χ3n) is 4.18. The molecular formula is C21H21NO2. The SMILES string of the molecule is CCN(CC)c1ccc(C(=O)Oc2cccc3ccccc23)cc1. The smallest absolute Gasteiger partial charge is 0.343 e. The van der Waals surface area contributed by atoms with Crippen LogP contribution in [0, 0.1) is 0 Å². The Morgan fingerprint density at radius 1 is 0.875 bits per heavy atom. The van der Waals surface area contributed by atoms with Gasteiger partial charge in [0.05, 0.1) is 5.56 Å². The number of esters is 1. The van der Waals surface area contributed by atoms with Crippen molar-refractivity contribution in [3.8, 4) is 5.75 Å². The van der Waals surface area contributed by atoms with Crippen molar-refractivity contribution in [3.05, 3.63) is 72.3 Å². The van der Waals surface area contributed by atoms with E-state index in [1.165, 1.54) is 0 Å². The van der Waals surface area contributed by atoms with E-state index >= 15 is 0 Å². The average molecular weight is 319 g/mol. The lowest BCUT2D eigenvalue weighted by Gasteiger charge is -2.20. The van der Waals surface area contributed by atoms with E-state index in [2.05, 4.69) is 18.7 Å². The molecule has 0 N–H and O–H groups in total. The summed E-state index contributed by atoms with van der Waals surface area (Å²) in [5.41, 5.74) is 1.67. The van der Waals surface area contributed by atoms with E-state index in [-0.39, 0.29) is 5.97 Å². The summed E-state index contributed by atoms with van der Waals surface area (Å²) in [6, 6.07) is 21.2. The lowest BCUT2D eigenvalue weighted by Crippen LogP contribution is -2.21. The Morgan fingerprint density at radius 2 is 1.54 bits per heavy atom. The van der Waals surface area contributed by atoms with E-state index in [0.717, 1.165) is 29.5 Å². The van der Waals surface area contributed by atoms with Gasteiger partial charge in [0.2, 0.25) is 0 Å². The molecule has 0 atom stereocenters. The number of nitrogens with zero attached hydrogens (tertiary/aromatic N) is 1. The zero-order chi connectivity index (χ0) is 16.9. The fourth-order valence-corrected chi connectivity index (χ4v) is 2.84. The quantitative estimate of drug-likeness (QED) is 0.494. The number of carbonyl (C=O) groups is 1. The van der Waals surface area contributed by atoms with Crippen LogP contribution in [0.25, 0.3) is 10.8 Å². The summed E-state index contributed by atoms with van der Waals surface area (Å²) in [6.07, 6.45) is 0. The number of ether oxygens (including phenoxy) is 1. The van der Waals surface area contributed by atoms with E-state index in [1.54, 1.807) is 0 Å². The lowest BCUT2D eigenvalue weighted by atomic mass is 10.1. The second kappa shape index (κ2) is 7.18. The molecular weight excluding hydrogens is 298 g/mol. The molecule has 0 aliphatic rings. The number of rotatable bonds is 5. The van der Waals surface area contributed by atoms with Gasteiger partial charge in [0.1, 0.15) is 5.75 Å². The van der Waals surface area contributed by atoms with Crippen molar-refractivity contribution >= 4 is 22.4 Å². The highest BCUT2D eigenvalue weighted by Gasteiger charge is 2.11. The molecule has 3 rings (SSSR count). The van der Waals surface area contributed by atoms with Crippen LogP contribution in [-0.4, -0.2) is 19.1 Å². The number of carbonyl (C=O) groups excluding carboxylic acids is 1. The van der Waals surface area contributed by atoms with E-state index < -0.39 is 0 Å². The van der Waals surface area contributed by atoms with Gasteiger partial charge in [0.15, 0.2) is 0 Å². The van der Waals surface area contributed by atoms with Crippen LogP contribution in [0.4, 0.5) is 5.69 Å². The van der Waals surface area contributed by atoms with Crippen molar-refractivity contribution in [1.29, 1.82) is 0 Å². The van der Waals surface area contributed by atoms with Crippen LogP contribution in [-0.2, 0) is 0 Å². The summed E-state index contributed by atoms with van der Waals surface area (Å²) in [4.78, 5) is 14.7. The summed E-state index contributed by atoms with van der Waals surface area (Å²) in [5.74, 6) is 0.253. The molecule has 0 saturated heterocycles. The molecule has 0 saturated carbocycles. The van der Waals surface area contributed by atoms with Gasteiger partial charge >= 0.3 is 5.97 Å². The zero-order valence-corrected chi connectivity index (χ0v) is 14.0.